The molecule has 0 atom stereocenters. The zero-order valence-electron chi connectivity index (χ0n) is 6.27. The molecule has 0 saturated carbocycles. The van der Waals surface area contributed by atoms with Gasteiger partial charge in [0.15, 0.2) is 0 Å². The van der Waals surface area contributed by atoms with Crippen molar-refractivity contribution in [3.8, 4) is 11.8 Å². The van der Waals surface area contributed by atoms with E-state index in [9.17, 15) is 0 Å². The lowest BCUT2D eigenvalue weighted by molar-refractivity contribution is 1.30. The van der Waals surface area contributed by atoms with Crippen LogP contribution in [0.25, 0.3) is 0 Å². The Kier molecular flexibility index (Phi) is 3.61. The van der Waals surface area contributed by atoms with Gasteiger partial charge in [-0.2, -0.15) is 0 Å². The van der Waals surface area contributed by atoms with Gasteiger partial charge in [0.2, 0.25) is 0 Å². The van der Waals surface area contributed by atoms with Gasteiger partial charge in [-0.3, -0.25) is 0 Å². The van der Waals surface area contributed by atoms with Crippen LogP contribution in [0.4, 0.5) is 0 Å². The average Bonchev–Trinajstić information content (AvgIpc) is 2.07. The van der Waals surface area contributed by atoms with Crippen LogP contribution >= 0.6 is 27.5 Å². The molecule has 0 radical (unpaired) electrons. The lowest BCUT2D eigenvalue weighted by atomic mass is 10.2. The average molecular weight is 245 g/mol. The van der Waals surface area contributed by atoms with E-state index in [1.54, 1.807) is 12.1 Å². The third-order valence-electron chi connectivity index (χ3n) is 1.25. The lowest BCUT2D eigenvalue weighted by Crippen LogP contribution is -1.93. The van der Waals surface area contributed by atoms with Gasteiger partial charge in [-0.05, 0) is 34.1 Å². The molecule has 62 valence electrons. The Morgan fingerprint density at radius 2 is 2.25 bits per heavy atom. The molecule has 1 aromatic carbocycles. The Labute approximate surface area is 85.0 Å². The van der Waals surface area contributed by atoms with E-state index >= 15 is 0 Å². The van der Waals surface area contributed by atoms with Crippen LogP contribution in [-0.4, -0.2) is 6.54 Å². The molecule has 12 heavy (non-hydrogen) atoms. The second-order valence-corrected chi connectivity index (χ2v) is 3.42. The van der Waals surface area contributed by atoms with Crippen LogP contribution in [0.15, 0.2) is 22.7 Å². The topological polar surface area (TPSA) is 26.0 Å². The first-order valence-electron chi connectivity index (χ1n) is 3.38. The third-order valence-corrected chi connectivity index (χ3v) is 2.18. The number of hydrogen-bond donors (Lipinski definition) is 1. The SMILES string of the molecule is NCC#Cc1cc(Cl)ccc1Br. The first kappa shape index (κ1) is 9.60. The molecular formula is C9H7BrClN. The van der Waals surface area contributed by atoms with E-state index in [1.165, 1.54) is 0 Å². The van der Waals surface area contributed by atoms with Gasteiger partial charge in [0, 0.05) is 15.1 Å². The number of halogens is 2. The van der Waals surface area contributed by atoms with E-state index in [-0.39, 0.29) is 0 Å². The molecule has 0 saturated heterocycles. The van der Waals surface area contributed by atoms with Crippen molar-refractivity contribution >= 4 is 27.5 Å². The Morgan fingerprint density at radius 3 is 2.92 bits per heavy atom. The van der Waals surface area contributed by atoms with Crippen LogP contribution in [0, 0.1) is 11.8 Å². The Balaban J connectivity index is 3.05. The van der Waals surface area contributed by atoms with Crippen LogP contribution in [0.5, 0.6) is 0 Å². The highest BCUT2D eigenvalue weighted by Gasteiger charge is 1.95. The summed E-state index contributed by atoms with van der Waals surface area (Å²) in [6, 6.07) is 5.47. The monoisotopic (exact) mass is 243 g/mol. The van der Waals surface area contributed by atoms with E-state index in [0.29, 0.717) is 11.6 Å². The van der Waals surface area contributed by atoms with Gasteiger partial charge in [-0.1, -0.05) is 23.4 Å². The predicted octanol–water partition coefficient (Wildman–Crippen LogP) is 2.41. The molecule has 0 aliphatic rings. The second kappa shape index (κ2) is 4.51. The number of rotatable bonds is 0. The summed E-state index contributed by atoms with van der Waals surface area (Å²) >= 11 is 9.13. The summed E-state index contributed by atoms with van der Waals surface area (Å²) in [5.74, 6) is 5.67. The number of hydrogen-bond acceptors (Lipinski definition) is 1. The molecule has 2 N–H and O–H groups in total. The molecule has 3 heteroatoms. The van der Waals surface area contributed by atoms with Crippen LogP contribution in [0.3, 0.4) is 0 Å². The molecule has 0 bridgehead atoms. The fraction of sp³-hybridized carbons (Fsp3) is 0.111. The molecule has 0 amide bonds. The maximum atomic E-state index is 5.78. The van der Waals surface area contributed by atoms with Gasteiger partial charge in [0.25, 0.3) is 0 Å². The third kappa shape index (κ3) is 2.53. The van der Waals surface area contributed by atoms with Crippen molar-refractivity contribution < 1.29 is 0 Å². The molecule has 0 spiro atoms. The smallest absolute Gasteiger partial charge is 0.0555 e. The van der Waals surface area contributed by atoms with E-state index in [1.807, 2.05) is 6.07 Å². The molecule has 1 nitrogen and oxygen atoms in total. The lowest BCUT2D eigenvalue weighted by Gasteiger charge is -1.95. The van der Waals surface area contributed by atoms with Gasteiger partial charge >= 0.3 is 0 Å². The highest BCUT2D eigenvalue weighted by molar-refractivity contribution is 9.10. The van der Waals surface area contributed by atoms with Crippen LogP contribution in [0.1, 0.15) is 5.56 Å². The summed E-state index contributed by atoms with van der Waals surface area (Å²) in [5, 5.41) is 0.680. The molecular weight excluding hydrogens is 237 g/mol. The van der Waals surface area contributed by atoms with Crippen molar-refractivity contribution in [1.82, 2.24) is 0 Å². The first-order valence-corrected chi connectivity index (χ1v) is 4.55. The molecule has 0 aliphatic carbocycles. The Hall–Kier alpha value is -0.490. The maximum Gasteiger partial charge on any atom is 0.0555 e. The summed E-state index contributed by atoms with van der Waals surface area (Å²) in [6.45, 7) is 0.360. The van der Waals surface area contributed by atoms with Crippen LogP contribution < -0.4 is 5.73 Å². The highest BCUT2D eigenvalue weighted by Crippen LogP contribution is 2.19. The summed E-state index contributed by atoms with van der Waals surface area (Å²) in [7, 11) is 0. The van der Waals surface area contributed by atoms with Crippen molar-refractivity contribution in [3.05, 3.63) is 33.3 Å². The summed E-state index contributed by atoms with van der Waals surface area (Å²) in [4.78, 5) is 0. The number of nitrogens with two attached hydrogens (primary N) is 1. The minimum atomic E-state index is 0.360. The van der Waals surface area contributed by atoms with Crippen molar-refractivity contribution in [1.29, 1.82) is 0 Å². The second-order valence-electron chi connectivity index (χ2n) is 2.13. The fourth-order valence-corrected chi connectivity index (χ4v) is 1.26. The molecule has 0 aliphatic heterocycles. The minimum absolute atomic E-state index is 0.360. The van der Waals surface area contributed by atoms with E-state index in [2.05, 4.69) is 27.8 Å². The van der Waals surface area contributed by atoms with Crippen molar-refractivity contribution in [2.75, 3.05) is 6.54 Å². The van der Waals surface area contributed by atoms with E-state index in [0.717, 1.165) is 10.0 Å². The normalized spacial score (nSPS) is 8.92. The van der Waals surface area contributed by atoms with Crippen LogP contribution in [-0.2, 0) is 0 Å². The summed E-state index contributed by atoms with van der Waals surface area (Å²) in [5.41, 5.74) is 6.11. The van der Waals surface area contributed by atoms with Gasteiger partial charge in [-0.25, -0.2) is 0 Å². The van der Waals surface area contributed by atoms with Crippen molar-refractivity contribution in [3.63, 3.8) is 0 Å². The zero-order valence-corrected chi connectivity index (χ0v) is 8.61. The first-order chi connectivity index (χ1) is 5.74. The largest absolute Gasteiger partial charge is 0.320 e. The summed E-state index contributed by atoms with van der Waals surface area (Å²) < 4.78 is 0.938. The van der Waals surface area contributed by atoms with Gasteiger partial charge < -0.3 is 5.73 Å². The molecule has 0 fully saturated rings. The van der Waals surface area contributed by atoms with Gasteiger partial charge in [0.1, 0.15) is 0 Å². The minimum Gasteiger partial charge on any atom is -0.320 e. The zero-order chi connectivity index (χ0) is 8.97. The molecule has 0 aromatic heterocycles. The standard InChI is InChI=1S/C9H7BrClN/c10-9-4-3-8(11)6-7(9)2-1-5-12/h3-4,6H,5,12H2. The predicted molar refractivity (Wildman–Crippen MR) is 55.1 cm³/mol. The number of benzene rings is 1. The highest BCUT2D eigenvalue weighted by atomic mass is 79.9. The van der Waals surface area contributed by atoms with Crippen molar-refractivity contribution in [2.24, 2.45) is 5.73 Å². The maximum absolute atomic E-state index is 5.78. The Bertz CT molecular complexity index is 338. The van der Waals surface area contributed by atoms with Crippen LogP contribution in [0.2, 0.25) is 5.02 Å². The molecule has 1 aromatic rings. The molecule has 0 unspecified atom stereocenters. The van der Waals surface area contributed by atoms with Gasteiger partial charge in [0.05, 0.1) is 6.54 Å². The van der Waals surface area contributed by atoms with Crippen molar-refractivity contribution in [2.45, 2.75) is 0 Å². The fourth-order valence-electron chi connectivity index (χ4n) is 0.740. The van der Waals surface area contributed by atoms with Gasteiger partial charge in [-0.15, -0.1) is 0 Å². The molecule has 0 heterocycles. The molecule has 1 rings (SSSR count). The summed E-state index contributed by atoms with van der Waals surface area (Å²) in [6.07, 6.45) is 0. The van der Waals surface area contributed by atoms with E-state index in [4.69, 9.17) is 17.3 Å². The van der Waals surface area contributed by atoms with E-state index < -0.39 is 0 Å². The Morgan fingerprint density at radius 1 is 1.50 bits per heavy atom. The quantitative estimate of drug-likeness (QED) is 0.697.